The lowest BCUT2D eigenvalue weighted by molar-refractivity contribution is 0.400. The Morgan fingerprint density at radius 3 is 2.24 bits per heavy atom. The average molecular weight is 485 g/mol. The number of nitrogens with zero attached hydrogens (tertiary/aromatic N) is 1. The summed E-state index contributed by atoms with van der Waals surface area (Å²) in [5.41, 5.74) is 7.49. The van der Waals surface area contributed by atoms with Gasteiger partial charge < -0.3 is 4.74 Å². The van der Waals surface area contributed by atoms with E-state index in [9.17, 15) is 0 Å². The molecular weight excluding hydrogens is 449 g/mol. The minimum Gasteiger partial charge on any atom is -0.456 e. The number of benzene rings is 4. The Bertz CT molecular complexity index is 1730. The van der Waals surface area contributed by atoms with Crippen LogP contribution in [0.2, 0.25) is 0 Å². The Balaban J connectivity index is 1.69. The zero-order valence-corrected chi connectivity index (χ0v) is 23.5. The molecule has 5 aromatic rings. The largest absolute Gasteiger partial charge is 0.456 e. The topological polar surface area (TPSA) is 22.1 Å². The van der Waals surface area contributed by atoms with E-state index >= 15 is 0 Å². The molecule has 0 bridgehead atoms. The Morgan fingerprint density at radius 2 is 1.51 bits per heavy atom. The SMILES string of the molecule is Bc1cc2c3c(cc4ccc(CC(C)(C)C)cc42)Oc2c(cc4cc(C)ccc4c2CC(C)(C)C)-c3n1. The van der Waals surface area contributed by atoms with Gasteiger partial charge in [-0.15, -0.1) is 0 Å². The van der Waals surface area contributed by atoms with Gasteiger partial charge in [-0.3, -0.25) is 4.98 Å². The number of aromatic nitrogens is 1. The second kappa shape index (κ2) is 8.09. The lowest BCUT2D eigenvalue weighted by Gasteiger charge is -2.28. The maximum Gasteiger partial charge on any atom is 0.163 e. The second-order valence-corrected chi connectivity index (χ2v) is 13.5. The summed E-state index contributed by atoms with van der Waals surface area (Å²) in [6.45, 7) is 16.0. The zero-order valence-electron chi connectivity index (χ0n) is 23.5. The Morgan fingerprint density at radius 1 is 0.757 bits per heavy atom. The number of rotatable bonds is 2. The molecule has 1 aliphatic rings. The fourth-order valence-corrected chi connectivity index (χ4v) is 6.00. The fourth-order valence-electron chi connectivity index (χ4n) is 6.00. The van der Waals surface area contributed by atoms with Gasteiger partial charge in [-0.05, 0) is 86.9 Å². The van der Waals surface area contributed by atoms with Crippen LogP contribution in [0.1, 0.15) is 58.2 Å². The van der Waals surface area contributed by atoms with Gasteiger partial charge in [0.25, 0.3) is 0 Å². The van der Waals surface area contributed by atoms with E-state index < -0.39 is 0 Å². The van der Waals surface area contributed by atoms with Gasteiger partial charge >= 0.3 is 0 Å². The molecular formula is C34H36BNO. The first-order valence-electron chi connectivity index (χ1n) is 13.5. The van der Waals surface area contributed by atoms with E-state index in [1.54, 1.807) is 0 Å². The van der Waals surface area contributed by atoms with E-state index in [1.807, 2.05) is 0 Å². The summed E-state index contributed by atoms with van der Waals surface area (Å²) in [5.74, 6) is 1.89. The van der Waals surface area contributed by atoms with Gasteiger partial charge in [-0.1, -0.05) is 83.5 Å². The Labute approximate surface area is 221 Å². The molecule has 0 unspecified atom stereocenters. The van der Waals surface area contributed by atoms with Crippen molar-refractivity contribution >= 4 is 45.8 Å². The second-order valence-electron chi connectivity index (χ2n) is 13.5. The molecule has 0 spiro atoms. The van der Waals surface area contributed by atoms with Crippen LogP contribution in [0.5, 0.6) is 11.5 Å². The quantitative estimate of drug-likeness (QED) is 0.183. The molecule has 0 saturated carbocycles. The molecule has 4 aromatic carbocycles. The molecule has 2 nitrogen and oxygen atoms in total. The average Bonchev–Trinajstić information content (AvgIpc) is 2.77. The van der Waals surface area contributed by atoms with Gasteiger partial charge in [0.15, 0.2) is 7.85 Å². The summed E-state index contributed by atoms with van der Waals surface area (Å²) in [4.78, 5) is 5.15. The maximum absolute atomic E-state index is 6.88. The van der Waals surface area contributed by atoms with Gasteiger partial charge in [-0.2, -0.15) is 0 Å². The van der Waals surface area contributed by atoms with Crippen molar-refractivity contribution in [2.75, 3.05) is 0 Å². The molecule has 37 heavy (non-hydrogen) atoms. The Hall–Kier alpha value is -3.33. The van der Waals surface area contributed by atoms with Gasteiger partial charge in [-0.25, -0.2) is 0 Å². The van der Waals surface area contributed by atoms with Crippen LogP contribution in [0.4, 0.5) is 0 Å². The number of fused-ring (bicyclic) bond motifs is 5. The van der Waals surface area contributed by atoms with E-state index in [1.165, 1.54) is 43.6 Å². The van der Waals surface area contributed by atoms with Crippen molar-refractivity contribution in [2.45, 2.75) is 61.3 Å². The van der Waals surface area contributed by atoms with Gasteiger partial charge in [0.1, 0.15) is 11.5 Å². The van der Waals surface area contributed by atoms with E-state index in [0.29, 0.717) is 0 Å². The molecule has 0 saturated heterocycles. The highest BCUT2D eigenvalue weighted by molar-refractivity contribution is 6.33. The molecule has 0 radical (unpaired) electrons. The van der Waals surface area contributed by atoms with E-state index in [-0.39, 0.29) is 10.8 Å². The minimum atomic E-state index is 0.124. The molecule has 2 heterocycles. The summed E-state index contributed by atoms with van der Waals surface area (Å²) >= 11 is 0. The first kappa shape index (κ1) is 24.0. The summed E-state index contributed by atoms with van der Waals surface area (Å²) in [6, 6.07) is 20.5. The third-order valence-electron chi connectivity index (χ3n) is 7.35. The van der Waals surface area contributed by atoms with Crippen molar-refractivity contribution in [3.05, 3.63) is 71.3 Å². The zero-order chi connectivity index (χ0) is 26.3. The Kier molecular flexibility index (Phi) is 5.25. The van der Waals surface area contributed by atoms with Crippen LogP contribution in [0.25, 0.3) is 43.6 Å². The number of aryl methyl sites for hydroxylation is 1. The number of hydrogen-bond donors (Lipinski definition) is 0. The number of hydrogen-bond acceptors (Lipinski definition) is 2. The maximum atomic E-state index is 6.88. The minimum absolute atomic E-state index is 0.124. The van der Waals surface area contributed by atoms with Crippen LogP contribution in [0.3, 0.4) is 0 Å². The number of ether oxygens (including phenoxy) is 1. The van der Waals surface area contributed by atoms with Crippen LogP contribution in [0.15, 0.2) is 54.6 Å². The van der Waals surface area contributed by atoms with E-state index in [2.05, 4.69) is 111 Å². The van der Waals surface area contributed by atoms with Gasteiger partial charge in [0.05, 0.1) is 11.1 Å². The van der Waals surface area contributed by atoms with Crippen molar-refractivity contribution in [3.8, 4) is 22.8 Å². The highest BCUT2D eigenvalue weighted by Crippen LogP contribution is 2.51. The van der Waals surface area contributed by atoms with Crippen LogP contribution >= 0.6 is 0 Å². The van der Waals surface area contributed by atoms with Crippen LogP contribution in [0, 0.1) is 17.8 Å². The summed E-state index contributed by atoms with van der Waals surface area (Å²) in [6.07, 6.45) is 1.98. The molecule has 1 aromatic heterocycles. The smallest absolute Gasteiger partial charge is 0.163 e. The summed E-state index contributed by atoms with van der Waals surface area (Å²) in [5, 5.41) is 7.40. The van der Waals surface area contributed by atoms with Crippen molar-refractivity contribution in [1.82, 2.24) is 4.98 Å². The van der Waals surface area contributed by atoms with E-state index in [0.717, 1.165) is 46.6 Å². The lowest BCUT2D eigenvalue weighted by Crippen LogP contribution is -2.15. The van der Waals surface area contributed by atoms with Crippen LogP contribution in [-0.4, -0.2) is 12.8 Å². The molecule has 3 heteroatoms. The van der Waals surface area contributed by atoms with Crippen LogP contribution in [-0.2, 0) is 12.8 Å². The third-order valence-corrected chi connectivity index (χ3v) is 7.35. The normalized spacial score (nSPS) is 13.3. The van der Waals surface area contributed by atoms with Crippen molar-refractivity contribution in [1.29, 1.82) is 0 Å². The highest BCUT2D eigenvalue weighted by atomic mass is 16.5. The summed E-state index contributed by atoms with van der Waals surface area (Å²) in [7, 11) is 2.11. The van der Waals surface area contributed by atoms with E-state index in [4.69, 9.17) is 9.72 Å². The molecule has 0 amide bonds. The molecule has 0 fully saturated rings. The van der Waals surface area contributed by atoms with Gasteiger partial charge in [0.2, 0.25) is 0 Å². The number of pyridine rings is 1. The molecule has 1 aliphatic heterocycles. The fraction of sp³-hybridized carbons (Fsp3) is 0.324. The van der Waals surface area contributed by atoms with Crippen molar-refractivity contribution in [3.63, 3.8) is 0 Å². The van der Waals surface area contributed by atoms with Crippen molar-refractivity contribution < 1.29 is 4.74 Å². The van der Waals surface area contributed by atoms with Crippen molar-refractivity contribution in [2.24, 2.45) is 10.8 Å². The molecule has 0 atom stereocenters. The highest BCUT2D eigenvalue weighted by Gasteiger charge is 2.29. The monoisotopic (exact) mass is 485 g/mol. The standard InChI is InChI=1S/C34H36BNO/c1-19-8-11-23-22(12-19)14-26-31-30-25(16-29(35)36-31)24-13-20(17-33(2,3)4)9-10-21(24)15-28(30)37-32(26)27(23)18-34(5,6)7/h8-16H,17-18,35H2,1-7H3. The third kappa shape index (κ3) is 4.29. The van der Waals surface area contributed by atoms with Crippen LogP contribution < -0.4 is 10.3 Å². The van der Waals surface area contributed by atoms with Gasteiger partial charge in [0, 0.05) is 11.1 Å². The summed E-state index contributed by atoms with van der Waals surface area (Å²) < 4.78 is 6.88. The molecule has 6 rings (SSSR count). The lowest BCUT2D eigenvalue weighted by atomic mass is 9.82. The molecule has 0 N–H and O–H groups in total. The molecule has 0 aliphatic carbocycles. The first-order valence-corrected chi connectivity index (χ1v) is 13.5. The predicted octanol–water partition coefficient (Wildman–Crippen LogP) is 8.06. The first-order chi connectivity index (χ1) is 17.4. The predicted molar refractivity (Wildman–Crippen MR) is 161 cm³/mol. The molecule has 186 valence electrons.